The highest BCUT2D eigenvalue weighted by atomic mass is 35.5. The lowest BCUT2D eigenvalue weighted by Crippen LogP contribution is -2.49. The predicted octanol–water partition coefficient (Wildman–Crippen LogP) is 8.23. The van der Waals surface area contributed by atoms with Crippen LogP contribution >= 0.6 is 11.6 Å². The van der Waals surface area contributed by atoms with Gasteiger partial charge in [0.15, 0.2) is 0 Å². The van der Waals surface area contributed by atoms with E-state index < -0.39 is 0 Å². The smallest absolute Gasteiger partial charge is 0.407 e. The standard InChI is InChI=1S/C32H54ClNO3/c1-21(2)7-6-8-22(3)28-11-12-29-26-10-9-24-20-25(37-31(35)34-16-18-36-17-15-33)19-23(4)30(24)27(26)13-14-32(28,29)5/h9,21-23,25-30H,6-8,10-20H2,1-5H3,(H,34,35)/t22-,23-,25+,26-,27+,28-,29+,30?,32-/m1/s1. The van der Waals surface area contributed by atoms with E-state index in [4.69, 9.17) is 21.1 Å². The second-order valence-electron chi connectivity index (χ2n) is 13.7. The van der Waals surface area contributed by atoms with Crippen molar-refractivity contribution in [1.82, 2.24) is 5.32 Å². The number of fused-ring (bicyclic) bond motifs is 5. The minimum absolute atomic E-state index is 0.00536. The van der Waals surface area contributed by atoms with Gasteiger partial charge >= 0.3 is 6.09 Å². The first-order valence-electron chi connectivity index (χ1n) is 15.5. The van der Waals surface area contributed by atoms with Crippen molar-refractivity contribution in [2.24, 2.45) is 52.8 Å². The van der Waals surface area contributed by atoms with Crippen molar-refractivity contribution >= 4 is 17.7 Å². The summed E-state index contributed by atoms with van der Waals surface area (Å²) in [5.74, 6) is 6.94. The molecule has 3 fully saturated rings. The van der Waals surface area contributed by atoms with Crippen LogP contribution in [-0.2, 0) is 9.47 Å². The van der Waals surface area contributed by atoms with Crippen LogP contribution < -0.4 is 5.32 Å². The summed E-state index contributed by atoms with van der Waals surface area (Å²) in [4.78, 5) is 12.3. The third kappa shape index (κ3) is 6.71. The number of nitrogens with one attached hydrogen (secondary N) is 1. The molecule has 0 heterocycles. The van der Waals surface area contributed by atoms with Crippen LogP contribution in [0.3, 0.4) is 0 Å². The van der Waals surface area contributed by atoms with Crippen molar-refractivity contribution in [2.45, 2.75) is 105 Å². The van der Waals surface area contributed by atoms with Gasteiger partial charge in [-0.25, -0.2) is 4.79 Å². The van der Waals surface area contributed by atoms with Gasteiger partial charge in [0.2, 0.25) is 0 Å². The van der Waals surface area contributed by atoms with Gasteiger partial charge in [0, 0.05) is 18.8 Å². The number of carbonyl (C=O) groups is 1. The number of amides is 1. The maximum absolute atomic E-state index is 12.3. The molecule has 1 N–H and O–H groups in total. The van der Waals surface area contributed by atoms with E-state index >= 15 is 0 Å². The monoisotopic (exact) mass is 535 g/mol. The first-order chi connectivity index (χ1) is 17.7. The fraction of sp³-hybridized carbons (Fsp3) is 0.906. The minimum Gasteiger partial charge on any atom is -0.446 e. The van der Waals surface area contributed by atoms with Gasteiger partial charge in [0.05, 0.1) is 13.2 Å². The molecule has 1 unspecified atom stereocenters. The summed E-state index contributed by atoms with van der Waals surface area (Å²) in [6, 6.07) is 0. The largest absolute Gasteiger partial charge is 0.446 e. The quantitative estimate of drug-likeness (QED) is 0.164. The van der Waals surface area contributed by atoms with Gasteiger partial charge in [0.25, 0.3) is 0 Å². The Kier molecular flexibility index (Phi) is 10.3. The zero-order valence-corrected chi connectivity index (χ0v) is 25.0. The SMILES string of the molecule is CC(C)CCC[C@@H](C)[C@H]1CC[C@H]2[C@@H]3CC=C4C[C@@H](OC(=O)NCCOCCCl)C[C@@H](C)C4[C@H]3CC[C@]12C. The maximum Gasteiger partial charge on any atom is 0.407 e. The van der Waals surface area contributed by atoms with E-state index in [9.17, 15) is 4.79 Å². The summed E-state index contributed by atoms with van der Waals surface area (Å²) in [6.45, 7) is 13.8. The highest BCUT2D eigenvalue weighted by Gasteiger charge is 2.57. The zero-order valence-electron chi connectivity index (χ0n) is 24.3. The van der Waals surface area contributed by atoms with Crippen LogP contribution in [0.4, 0.5) is 4.79 Å². The van der Waals surface area contributed by atoms with Gasteiger partial charge < -0.3 is 14.8 Å². The summed E-state index contributed by atoms with van der Waals surface area (Å²) in [5, 5.41) is 2.83. The van der Waals surface area contributed by atoms with Gasteiger partial charge in [-0.15, -0.1) is 11.6 Å². The number of ether oxygens (including phenoxy) is 2. The molecule has 37 heavy (non-hydrogen) atoms. The number of halogens is 1. The van der Waals surface area contributed by atoms with E-state index in [0.717, 1.165) is 48.3 Å². The van der Waals surface area contributed by atoms with Crippen molar-refractivity contribution in [2.75, 3.05) is 25.6 Å². The Morgan fingerprint density at radius 1 is 1.16 bits per heavy atom. The lowest BCUT2D eigenvalue weighted by molar-refractivity contribution is -0.0414. The lowest BCUT2D eigenvalue weighted by atomic mass is 9.50. The molecule has 4 rings (SSSR count). The van der Waals surface area contributed by atoms with Crippen molar-refractivity contribution in [3.05, 3.63) is 11.6 Å². The predicted molar refractivity (Wildman–Crippen MR) is 153 cm³/mol. The molecule has 9 atom stereocenters. The lowest BCUT2D eigenvalue weighted by Gasteiger charge is -2.55. The van der Waals surface area contributed by atoms with Gasteiger partial charge in [-0.1, -0.05) is 65.5 Å². The number of hydrogen-bond acceptors (Lipinski definition) is 3. The number of rotatable bonds is 11. The average molecular weight is 536 g/mol. The van der Waals surface area contributed by atoms with E-state index in [0.29, 0.717) is 42.9 Å². The van der Waals surface area contributed by atoms with Crippen LogP contribution in [0.15, 0.2) is 11.6 Å². The summed E-state index contributed by atoms with van der Waals surface area (Å²) >= 11 is 5.62. The molecule has 0 aliphatic heterocycles. The van der Waals surface area contributed by atoms with Gasteiger partial charge in [0.1, 0.15) is 6.10 Å². The maximum atomic E-state index is 12.3. The molecule has 0 bridgehead atoms. The second-order valence-corrected chi connectivity index (χ2v) is 14.1. The van der Waals surface area contributed by atoms with Crippen LogP contribution in [0.5, 0.6) is 0 Å². The molecular weight excluding hydrogens is 482 g/mol. The summed E-state index contributed by atoms with van der Waals surface area (Å²) < 4.78 is 11.2. The molecule has 0 aromatic rings. The Morgan fingerprint density at radius 2 is 1.97 bits per heavy atom. The van der Waals surface area contributed by atoms with Gasteiger partial charge in [-0.2, -0.15) is 0 Å². The molecule has 1 amide bonds. The Morgan fingerprint density at radius 3 is 2.73 bits per heavy atom. The number of alkyl carbamates (subject to hydrolysis) is 1. The second kappa shape index (κ2) is 13.1. The Bertz CT molecular complexity index is 784. The molecule has 3 saturated carbocycles. The fourth-order valence-electron chi connectivity index (χ4n) is 9.40. The fourth-order valence-corrected chi connectivity index (χ4v) is 9.51. The van der Waals surface area contributed by atoms with Crippen molar-refractivity contribution < 1.29 is 14.3 Å². The first-order valence-corrected chi connectivity index (χ1v) is 16.0. The van der Waals surface area contributed by atoms with Crippen LogP contribution in [0.25, 0.3) is 0 Å². The Hall–Kier alpha value is -0.740. The number of allylic oxidation sites excluding steroid dienone is 1. The van der Waals surface area contributed by atoms with Crippen molar-refractivity contribution in [1.29, 1.82) is 0 Å². The number of carbonyl (C=O) groups excluding carboxylic acids is 1. The summed E-state index contributed by atoms with van der Waals surface area (Å²) in [7, 11) is 0. The molecular formula is C32H54ClNO3. The topological polar surface area (TPSA) is 47.6 Å². The minimum atomic E-state index is -0.313. The van der Waals surface area contributed by atoms with Gasteiger partial charge in [-0.3, -0.25) is 0 Å². The van der Waals surface area contributed by atoms with Crippen molar-refractivity contribution in [3.63, 3.8) is 0 Å². The molecule has 0 radical (unpaired) electrons. The molecule has 4 aliphatic rings. The molecule has 212 valence electrons. The third-order valence-electron chi connectivity index (χ3n) is 11.0. The molecule has 4 aliphatic carbocycles. The third-order valence-corrected chi connectivity index (χ3v) is 11.1. The van der Waals surface area contributed by atoms with Crippen LogP contribution in [-0.4, -0.2) is 37.8 Å². The number of hydrogen-bond donors (Lipinski definition) is 1. The molecule has 0 aromatic heterocycles. The average Bonchev–Trinajstić information content (AvgIpc) is 3.20. The van der Waals surface area contributed by atoms with Crippen LogP contribution in [0.2, 0.25) is 0 Å². The van der Waals surface area contributed by atoms with E-state index in [-0.39, 0.29) is 12.2 Å². The summed E-state index contributed by atoms with van der Waals surface area (Å²) in [5.41, 5.74) is 2.13. The van der Waals surface area contributed by atoms with E-state index in [1.165, 1.54) is 51.4 Å². The first kappa shape index (κ1) is 29.2. The normalized spacial score (nSPS) is 37.8. The van der Waals surface area contributed by atoms with E-state index in [2.05, 4.69) is 46.0 Å². The summed E-state index contributed by atoms with van der Waals surface area (Å²) in [6.07, 6.45) is 15.3. The van der Waals surface area contributed by atoms with Gasteiger partial charge in [-0.05, 0) is 91.3 Å². The molecule has 5 heteroatoms. The molecule has 4 nitrogen and oxygen atoms in total. The Balaban J connectivity index is 1.33. The number of alkyl halides is 1. The van der Waals surface area contributed by atoms with E-state index in [1.54, 1.807) is 5.57 Å². The highest BCUT2D eigenvalue weighted by molar-refractivity contribution is 6.17. The van der Waals surface area contributed by atoms with E-state index in [1.807, 2.05) is 0 Å². The molecule has 0 spiro atoms. The van der Waals surface area contributed by atoms with Crippen LogP contribution in [0.1, 0.15) is 98.8 Å². The zero-order chi connectivity index (χ0) is 26.6. The highest BCUT2D eigenvalue weighted by Crippen LogP contribution is 2.65. The Labute approximate surface area is 232 Å². The van der Waals surface area contributed by atoms with Crippen LogP contribution in [0, 0.1) is 52.8 Å². The molecule has 0 saturated heterocycles. The molecule has 0 aromatic carbocycles. The van der Waals surface area contributed by atoms with Crippen molar-refractivity contribution in [3.8, 4) is 0 Å².